The van der Waals surface area contributed by atoms with Gasteiger partial charge in [0.1, 0.15) is 0 Å². The summed E-state index contributed by atoms with van der Waals surface area (Å²) >= 11 is 0. The molecule has 2 aliphatic rings. The SMILES string of the molecule is COC(OC)[C@@H]1CC=C(c2cc3o[nH]c(C4CCC(=O)NC4=O)c3c3ccnc23)C1. The normalized spacial score (nSPS) is 22.3. The van der Waals surface area contributed by atoms with Gasteiger partial charge < -0.3 is 14.0 Å². The van der Waals surface area contributed by atoms with Crippen molar-refractivity contribution in [1.29, 1.82) is 0 Å². The number of rotatable bonds is 5. The average Bonchev–Trinajstić information content (AvgIpc) is 3.47. The van der Waals surface area contributed by atoms with Crippen LogP contribution in [0.25, 0.3) is 27.4 Å². The first-order valence-electron chi connectivity index (χ1n) is 10.1. The fraction of sp³-hybridized carbons (Fsp3) is 0.409. The van der Waals surface area contributed by atoms with Crippen LogP contribution < -0.4 is 5.32 Å². The molecule has 0 saturated carbocycles. The van der Waals surface area contributed by atoms with Crippen LogP contribution in [0.5, 0.6) is 0 Å². The van der Waals surface area contributed by atoms with E-state index in [4.69, 9.17) is 14.0 Å². The molecular formula is C22H23N3O5. The quantitative estimate of drug-likeness (QED) is 0.495. The minimum Gasteiger partial charge on any atom is -0.382 e. The second kappa shape index (κ2) is 7.37. The lowest BCUT2D eigenvalue weighted by molar-refractivity contribution is -0.134. The van der Waals surface area contributed by atoms with Gasteiger partial charge in [-0.15, -0.1) is 0 Å². The number of carbonyl (C=O) groups excluding carboxylic acids is 2. The first kappa shape index (κ1) is 19.0. The second-order valence-electron chi connectivity index (χ2n) is 7.89. The molecule has 3 aromatic rings. The molecule has 1 aromatic carbocycles. The monoisotopic (exact) mass is 409 g/mol. The molecule has 3 heterocycles. The van der Waals surface area contributed by atoms with Crippen LogP contribution in [0.15, 0.2) is 28.9 Å². The average molecular weight is 409 g/mol. The maximum Gasteiger partial charge on any atom is 0.235 e. The number of carbonyl (C=O) groups is 2. The van der Waals surface area contributed by atoms with Gasteiger partial charge in [0.2, 0.25) is 11.8 Å². The minimum atomic E-state index is -0.452. The molecule has 2 amide bonds. The van der Waals surface area contributed by atoms with Crippen molar-refractivity contribution < 1.29 is 23.6 Å². The highest BCUT2D eigenvalue weighted by Crippen LogP contribution is 2.42. The maximum atomic E-state index is 12.4. The largest absolute Gasteiger partial charge is 0.382 e. The lowest BCUT2D eigenvalue weighted by atomic mass is 9.90. The number of benzene rings is 1. The summed E-state index contributed by atoms with van der Waals surface area (Å²) in [6.07, 6.45) is 6.19. The van der Waals surface area contributed by atoms with Crippen LogP contribution in [0.1, 0.15) is 42.9 Å². The molecule has 0 spiro atoms. The topological polar surface area (TPSA) is 106 Å². The van der Waals surface area contributed by atoms with Crippen LogP contribution >= 0.6 is 0 Å². The Kier molecular flexibility index (Phi) is 4.67. The summed E-state index contributed by atoms with van der Waals surface area (Å²) in [6, 6.07) is 3.93. The van der Waals surface area contributed by atoms with E-state index >= 15 is 0 Å². The standard InChI is InChI=1S/C22H23N3O5/c1-28-22(29-2)12-4-3-11(9-12)15-10-16-18(13-7-8-23-19(13)15)20(25-30-16)14-5-6-17(26)24-21(14)27/h3,7-8,10,12,14,22,25H,4-6,9H2,1-2H3,(H,24,26,27)/t12-,14?/m1/s1. The van der Waals surface area contributed by atoms with Crippen molar-refractivity contribution in [3.63, 3.8) is 0 Å². The van der Waals surface area contributed by atoms with Gasteiger partial charge in [-0.1, -0.05) is 6.08 Å². The first-order valence-corrected chi connectivity index (χ1v) is 10.1. The Hall–Kier alpha value is -2.97. The van der Waals surface area contributed by atoms with Gasteiger partial charge in [0.25, 0.3) is 0 Å². The van der Waals surface area contributed by atoms with E-state index in [0.29, 0.717) is 24.1 Å². The number of hydrogen-bond acceptors (Lipinski definition) is 6. The molecule has 1 saturated heterocycles. The van der Waals surface area contributed by atoms with Crippen molar-refractivity contribution in [3.8, 4) is 0 Å². The second-order valence-corrected chi connectivity index (χ2v) is 7.89. The Labute approximate surface area is 172 Å². The fourth-order valence-corrected chi connectivity index (χ4v) is 4.79. The zero-order chi connectivity index (χ0) is 20.8. The van der Waals surface area contributed by atoms with E-state index in [9.17, 15) is 9.59 Å². The van der Waals surface area contributed by atoms with Crippen LogP contribution in [0.2, 0.25) is 0 Å². The minimum absolute atomic E-state index is 0.236. The summed E-state index contributed by atoms with van der Waals surface area (Å²) in [4.78, 5) is 28.6. The van der Waals surface area contributed by atoms with Gasteiger partial charge in [-0.25, -0.2) is 5.16 Å². The van der Waals surface area contributed by atoms with E-state index < -0.39 is 5.92 Å². The highest BCUT2D eigenvalue weighted by atomic mass is 16.7. The molecule has 8 heteroatoms. The molecule has 30 heavy (non-hydrogen) atoms. The van der Waals surface area contributed by atoms with Crippen LogP contribution in [0.3, 0.4) is 0 Å². The molecule has 8 nitrogen and oxygen atoms in total. The van der Waals surface area contributed by atoms with Crippen LogP contribution in [0, 0.1) is 5.92 Å². The molecule has 1 aliphatic heterocycles. The Bertz CT molecular complexity index is 1170. The third kappa shape index (κ3) is 2.95. The first-order chi connectivity index (χ1) is 14.6. The van der Waals surface area contributed by atoms with Crippen molar-refractivity contribution in [2.45, 2.75) is 37.9 Å². The smallest absolute Gasteiger partial charge is 0.235 e. The molecule has 0 bridgehead atoms. The number of hydrogen-bond donors (Lipinski definition) is 2. The van der Waals surface area contributed by atoms with E-state index in [1.54, 1.807) is 20.4 Å². The summed E-state index contributed by atoms with van der Waals surface area (Å²) < 4.78 is 16.7. The molecule has 156 valence electrons. The number of H-pyrrole nitrogens is 1. The van der Waals surface area contributed by atoms with Crippen molar-refractivity contribution in [3.05, 3.63) is 35.7 Å². The molecule has 1 unspecified atom stereocenters. The fourth-order valence-electron chi connectivity index (χ4n) is 4.79. The third-order valence-electron chi connectivity index (χ3n) is 6.22. The lowest BCUT2D eigenvalue weighted by Gasteiger charge is -2.20. The van der Waals surface area contributed by atoms with Gasteiger partial charge in [0.15, 0.2) is 11.9 Å². The molecule has 5 rings (SSSR count). The number of methoxy groups -OCH3 is 2. The predicted octanol–water partition coefficient (Wildman–Crippen LogP) is 3.24. The maximum absolute atomic E-state index is 12.4. The number of nitrogens with zero attached hydrogens (tertiary/aromatic N) is 1. The molecule has 0 radical (unpaired) electrons. The van der Waals surface area contributed by atoms with E-state index in [0.717, 1.165) is 34.7 Å². The Balaban J connectivity index is 1.56. The van der Waals surface area contributed by atoms with Gasteiger partial charge >= 0.3 is 0 Å². The van der Waals surface area contributed by atoms with Crippen molar-refractivity contribution in [2.24, 2.45) is 5.92 Å². The molecule has 2 aromatic heterocycles. The zero-order valence-electron chi connectivity index (χ0n) is 16.9. The van der Waals surface area contributed by atoms with Crippen LogP contribution in [-0.4, -0.2) is 42.5 Å². The number of ether oxygens (including phenoxy) is 2. The summed E-state index contributed by atoms with van der Waals surface area (Å²) in [5.74, 6) is -0.738. The molecule has 2 atom stereocenters. The van der Waals surface area contributed by atoms with Gasteiger partial charge in [-0.05, 0) is 37.0 Å². The Morgan fingerprint density at radius 2 is 2.10 bits per heavy atom. The highest BCUT2D eigenvalue weighted by molar-refractivity contribution is 6.12. The van der Waals surface area contributed by atoms with Gasteiger partial charge in [-0.2, -0.15) is 0 Å². The number of nitrogens with one attached hydrogen (secondary N) is 2. The third-order valence-corrected chi connectivity index (χ3v) is 6.22. The van der Waals surface area contributed by atoms with Gasteiger partial charge in [0.05, 0.1) is 22.5 Å². The summed E-state index contributed by atoms with van der Waals surface area (Å²) in [6.45, 7) is 0. The van der Waals surface area contributed by atoms with Crippen molar-refractivity contribution in [1.82, 2.24) is 15.5 Å². The number of allylic oxidation sites excluding steroid dienone is 2. The molecular weight excluding hydrogens is 386 g/mol. The summed E-state index contributed by atoms with van der Waals surface area (Å²) in [7, 11) is 3.31. The molecule has 1 aliphatic carbocycles. The predicted molar refractivity (Wildman–Crippen MR) is 109 cm³/mol. The number of amides is 2. The van der Waals surface area contributed by atoms with E-state index in [-0.39, 0.29) is 24.0 Å². The van der Waals surface area contributed by atoms with Crippen molar-refractivity contribution in [2.75, 3.05) is 14.2 Å². The zero-order valence-corrected chi connectivity index (χ0v) is 16.9. The van der Waals surface area contributed by atoms with E-state index in [1.807, 2.05) is 12.1 Å². The highest BCUT2D eigenvalue weighted by Gasteiger charge is 2.33. The lowest BCUT2D eigenvalue weighted by Crippen LogP contribution is -2.39. The summed E-state index contributed by atoms with van der Waals surface area (Å²) in [5, 5.41) is 7.14. The number of piperidine rings is 1. The van der Waals surface area contributed by atoms with Crippen molar-refractivity contribution >= 4 is 39.3 Å². The number of fused-ring (bicyclic) bond motifs is 3. The number of aromatic amines is 1. The number of imide groups is 1. The Morgan fingerprint density at radius 3 is 2.87 bits per heavy atom. The molecule has 2 N–H and O–H groups in total. The number of aromatic nitrogens is 2. The van der Waals surface area contributed by atoms with Gasteiger partial charge in [-0.3, -0.25) is 19.9 Å². The van der Waals surface area contributed by atoms with Crippen LogP contribution in [0.4, 0.5) is 0 Å². The van der Waals surface area contributed by atoms with Crippen LogP contribution in [-0.2, 0) is 19.1 Å². The molecule has 1 fully saturated rings. The van der Waals surface area contributed by atoms with E-state index in [2.05, 4.69) is 21.5 Å². The summed E-state index contributed by atoms with van der Waals surface area (Å²) in [5.41, 5.74) is 4.45. The Morgan fingerprint density at radius 1 is 1.27 bits per heavy atom. The van der Waals surface area contributed by atoms with E-state index in [1.165, 1.54) is 5.57 Å². The van der Waals surface area contributed by atoms with Gasteiger partial charge in [0, 0.05) is 43.7 Å².